The third kappa shape index (κ3) is 2.55. The van der Waals surface area contributed by atoms with Gasteiger partial charge in [-0.3, -0.25) is 0 Å². The average Bonchev–Trinajstić information content (AvgIpc) is 2.53. The van der Waals surface area contributed by atoms with Gasteiger partial charge < -0.3 is 5.11 Å². The molecule has 0 saturated carbocycles. The van der Waals surface area contributed by atoms with E-state index in [9.17, 15) is 5.11 Å². The molecule has 1 atom stereocenters. The summed E-state index contributed by atoms with van der Waals surface area (Å²) in [7, 11) is 0. The summed E-state index contributed by atoms with van der Waals surface area (Å²) in [6.45, 7) is 4.25. The van der Waals surface area contributed by atoms with E-state index in [0.29, 0.717) is 5.92 Å². The van der Waals surface area contributed by atoms with Crippen molar-refractivity contribution in [3.63, 3.8) is 0 Å². The van der Waals surface area contributed by atoms with Gasteiger partial charge in [0.05, 0.1) is 6.10 Å². The van der Waals surface area contributed by atoms with E-state index in [0.717, 1.165) is 22.9 Å². The number of hydrogen-bond donors (Lipinski definition) is 1. The smallest absolute Gasteiger partial charge is 0.0836 e. The van der Waals surface area contributed by atoms with Crippen LogP contribution < -0.4 is 0 Å². The van der Waals surface area contributed by atoms with Crippen LogP contribution >= 0.6 is 27.3 Å². The van der Waals surface area contributed by atoms with Crippen molar-refractivity contribution in [2.24, 2.45) is 5.92 Å². The standard InChI is InChI=1S/C10H15BrOS/c1-3-7(4-2)10(12)8-5-13-6-9(8)11/h5-7,10,12H,3-4H2,1-2H3. The summed E-state index contributed by atoms with van der Waals surface area (Å²) < 4.78 is 1.04. The predicted molar refractivity (Wildman–Crippen MR) is 61.1 cm³/mol. The fraction of sp³-hybridized carbons (Fsp3) is 0.600. The van der Waals surface area contributed by atoms with Gasteiger partial charge in [0.1, 0.15) is 0 Å². The van der Waals surface area contributed by atoms with Gasteiger partial charge in [-0.1, -0.05) is 26.7 Å². The summed E-state index contributed by atoms with van der Waals surface area (Å²) in [4.78, 5) is 0. The zero-order valence-electron chi connectivity index (χ0n) is 7.96. The fourth-order valence-corrected chi connectivity index (χ4v) is 3.05. The minimum atomic E-state index is -0.310. The van der Waals surface area contributed by atoms with Crippen molar-refractivity contribution in [3.8, 4) is 0 Å². The molecule has 74 valence electrons. The molecule has 0 aliphatic rings. The van der Waals surface area contributed by atoms with Gasteiger partial charge in [-0.2, -0.15) is 11.3 Å². The molecular weight excluding hydrogens is 248 g/mol. The SMILES string of the molecule is CCC(CC)C(O)c1cscc1Br. The van der Waals surface area contributed by atoms with Crippen molar-refractivity contribution in [1.29, 1.82) is 0 Å². The lowest BCUT2D eigenvalue weighted by atomic mass is 9.93. The van der Waals surface area contributed by atoms with Crippen molar-refractivity contribution in [1.82, 2.24) is 0 Å². The average molecular weight is 263 g/mol. The molecule has 3 heteroatoms. The van der Waals surface area contributed by atoms with E-state index in [2.05, 4.69) is 29.8 Å². The van der Waals surface area contributed by atoms with Crippen molar-refractivity contribution >= 4 is 27.3 Å². The molecular formula is C10H15BrOS. The molecule has 1 N–H and O–H groups in total. The second-order valence-electron chi connectivity index (χ2n) is 3.20. The molecule has 0 fully saturated rings. The number of thiophene rings is 1. The van der Waals surface area contributed by atoms with Crippen molar-refractivity contribution in [2.45, 2.75) is 32.8 Å². The van der Waals surface area contributed by atoms with Crippen molar-refractivity contribution in [3.05, 3.63) is 20.8 Å². The summed E-state index contributed by atoms with van der Waals surface area (Å²) in [5, 5.41) is 14.1. The topological polar surface area (TPSA) is 20.2 Å². The van der Waals surface area contributed by atoms with Gasteiger partial charge in [0.15, 0.2) is 0 Å². The van der Waals surface area contributed by atoms with E-state index in [4.69, 9.17) is 0 Å². The minimum Gasteiger partial charge on any atom is -0.388 e. The largest absolute Gasteiger partial charge is 0.388 e. The van der Waals surface area contributed by atoms with Gasteiger partial charge >= 0.3 is 0 Å². The van der Waals surface area contributed by atoms with Crippen LogP contribution in [-0.4, -0.2) is 5.11 Å². The molecule has 1 aromatic rings. The molecule has 0 saturated heterocycles. The number of halogens is 1. The number of aliphatic hydroxyl groups excluding tert-OH is 1. The zero-order valence-corrected chi connectivity index (χ0v) is 10.4. The molecule has 1 heterocycles. The first-order valence-corrected chi connectivity index (χ1v) is 6.33. The van der Waals surface area contributed by atoms with Gasteiger partial charge in [0, 0.05) is 15.4 Å². The van der Waals surface area contributed by atoms with Gasteiger partial charge in [-0.25, -0.2) is 0 Å². The van der Waals surface area contributed by atoms with Crippen LogP contribution in [0.2, 0.25) is 0 Å². The highest BCUT2D eigenvalue weighted by molar-refractivity contribution is 9.10. The third-order valence-corrected chi connectivity index (χ3v) is 4.21. The molecule has 0 aliphatic heterocycles. The maximum Gasteiger partial charge on any atom is 0.0836 e. The van der Waals surface area contributed by atoms with E-state index in [1.807, 2.05) is 10.8 Å². The molecule has 0 bridgehead atoms. The Balaban J connectivity index is 2.77. The molecule has 0 spiro atoms. The highest BCUT2D eigenvalue weighted by Gasteiger charge is 2.19. The van der Waals surface area contributed by atoms with Crippen molar-refractivity contribution in [2.75, 3.05) is 0 Å². The summed E-state index contributed by atoms with van der Waals surface area (Å²) >= 11 is 5.07. The molecule has 0 aromatic carbocycles. The summed E-state index contributed by atoms with van der Waals surface area (Å²) in [6.07, 6.45) is 1.75. The molecule has 1 unspecified atom stereocenters. The molecule has 1 nitrogen and oxygen atoms in total. The van der Waals surface area contributed by atoms with Gasteiger partial charge in [0.2, 0.25) is 0 Å². The van der Waals surface area contributed by atoms with Gasteiger partial charge in [0.25, 0.3) is 0 Å². The lowest BCUT2D eigenvalue weighted by Gasteiger charge is -2.19. The molecule has 1 rings (SSSR count). The minimum absolute atomic E-state index is 0.310. The maximum absolute atomic E-state index is 10.0. The normalized spacial score (nSPS) is 13.6. The third-order valence-electron chi connectivity index (χ3n) is 2.46. The van der Waals surface area contributed by atoms with E-state index in [1.165, 1.54) is 0 Å². The van der Waals surface area contributed by atoms with E-state index in [1.54, 1.807) is 11.3 Å². The van der Waals surface area contributed by atoms with Crippen LogP contribution in [0.25, 0.3) is 0 Å². The summed E-state index contributed by atoms with van der Waals surface area (Å²) in [6, 6.07) is 0. The Morgan fingerprint density at radius 2 is 2.00 bits per heavy atom. The fourth-order valence-electron chi connectivity index (χ4n) is 1.49. The Morgan fingerprint density at radius 3 is 2.38 bits per heavy atom. The first-order chi connectivity index (χ1) is 6.20. The van der Waals surface area contributed by atoms with Crippen LogP contribution in [0, 0.1) is 5.92 Å². The van der Waals surface area contributed by atoms with Crippen molar-refractivity contribution < 1.29 is 5.11 Å². The Labute approximate surface area is 91.9 Å². The maximum atomic E-state index is 10.0. The molecule has 0 radical (unpaired) electrons. The van der Waals surface area contributed by atoms with Crippen LogP contribution in [0.15, 0.2) is 15.2 Å². The Morgan fingerprint density at radius 1 is 1.38 bits per heavy atom. The number of hydrogen-bond acceptors (Lipinski definition) is 2. The highest BCUT2D eigenvalue weighted by atomic mass is 79.9. The first kappa shape index (κ1) is 11.2. The van der Waals surface area contributed by atoms with Crippen LogP contribution in [-0.2, 0) is 0 Å². The lowest BCUT2D eigenvalue weighted by Crippen LogP contribution is -2.10. The molecule has 1 aromatic heterocycles. The second kappa shape index (κ2) is 5.13. The van der Waals surface area contributed by atoms with E-state index in [-0.39, 0.29) is 6.10 Å². The Hall–Kier alpha value is 0.140. The van der Waals surface area contributed by atoms with Crippen LogP contribution in [0.3, 0.4) is 0 Å². The lowest BCUT2D eigenvalue weighted by molar-refractivity contribution is 0.103. The molecule has 13 heavy (non-hydrogen) atoms. The van der Waals surface area contributed by atoms with E-state index < -0.39 is 0 Å². The van der Waals surface area contributed by atoms with E-state index >= 15 is 0 Å². The zero-order chi connectivity index (χ0) is 9.84. The molecule has 0 aliphatic carbocycles. The number of rotatable bonds is 4. The van der Waals surface area contributed by atoms with Crippen LogP contribution in [0.4, 0.5) is 0 Å². The van der Waals surface area contributed by atoms with Crippen LogP contribution in [0.1, 0.15) is 38.4 Å². The predicted octanol–water partition coefficient (Wildman–Crippen LogP) is 3.98. The highest BCUT2D eigenvalue weighted by Crippen LogP contribution is 2.34. The van der Waals surface area contributed by atoms with Gasteiger partial charge in [-0.15, -0.1) is 0 Å². The first-order valence-electron chi connectivity index (χ1n) is 4.60. The number of aliphatic hydroxyl groups is 1. The van der Waals surface area contributed by atoms with Gasteiger partial charge in [-0.05, 0) is 27.2 Å². The summed E-state index contributed by atoms with van der Waals surface area (Å²) in [5.74, 6) is 0.380. The quantitative estimate of drug-likeness (QED) is 0.871. The second-order valence-corrected chi connectivity index (χ2v) is 4.79. The monoisotopic (exact) mass is 262 g/mol. The Kier molecular flexibility index (Phi) is 4.42. The van der Waals surface area contributed by atoms with Crippen LogP contribution in [0.5, 0.6) is 0 Å². The Bertz CT molecular complexity index is 255. The molecule has 0 amide bonds. The summed E-state index contributed by atoms with van der Waals surface area (Å²) in [5.41, 5.74) is 1.04.